The molecule has 0 spiro atoms. The van der Waals surface area contributed by atoms with Crippen LogP contribution in [0.5, 0.6) is 0 Å². The predicted octanol–water partition coefficient (Wildman–Crippen LogP) is 3.92. The van der Waals surface area contributed by atoms with Gasteiger partial charge < -0.3 is 5.32 Å². The normalized spacial score (nSPS) is 23.4. The van der Waals surface area contributed by atoms with Crippen LogP contribution < -0.4 is 5.32 Å². The first kappa shape index (κ1) is 11.3. The topological polar surface area (TPSA) is 12.0 Å². The molecule has 1 atom stereocenters. The highest BCUT2D eigenvalue weighted by Crippen LogP contribution is 2.61. The molecule has 1 aromatic carbocycles. The van der Waals surface area contributed by atoms with Crippen LogP contribution in [0.15, 0.2) is 30.3 Å². The second-order valence-electron chi connectivity index (χ2n) is 5.89. The minimum atomic E-state index is 0.549. The molecule has 1 unspecified atom stereocenters. The Kier molecular flexibility index (Phi) is 2.96. The van der Waals surface area contributed by atoms with Gasteiger partial charge in [-0.15, -0.1) is 0 Å². The summed E-state index contributed by atoms with van der Waals surface area (Å²) in [6, 6.07) is 11.4. The van der Waals surface area contributed by atoms with E-state index in [4.69, 9.17) is 0 Å². The lowest BCUT2D eigenvalue weighted by Gasteiger charge is -2.22. The second kappa shape index (κ2) is 4.45. The SMILES string of the molecule is CCC(NCC1(C2CC2)CC1)c1ccccc1. The second-order valence-corrected chi connectivity index (χ2v) is 5.89. The molecule has 0 aromatic heterocycles. The molecule has 0 bridgehead atoms. The van der Waals surface area contributed by atoms with Crippen LogP contribution >= 0.6 is 0 Å². The molecule has 1 N–H and O–H groups in total. The number of hydrogen-bond donors (Lipinski definition) is 1. The smallest absolute Gasteiger partial charge is 0.0317 e. The molecule has 1 nitrogen and oxygen atoms in total. The van der Waals surface area contributed by atoms with Crippen LogP contribution in [0.2, 0.25) is 0 Å². The molecule has 0 heterocycles. The van der Waals surface area contributed by atoms with Gasteiger partial charge in [0, 0.05) is 12.6 Å². The molecule has 92 valence electrons. The zero-order valence-corrected chi connectivity index (χ0v) is 10.8. The van der Waals surface area contributed by atoms with E-state index in [1.807, 2.05) is 0 Å². The van der Waals surface area contributed by atoms with E-state index in [1.165, 1.54) is 44.2 Å². The van der Waals surface area contributed by atoms with Gasteiger partial charge in [-0.3, -0.25) is 0 Å². The van der Waals surface area contributed by atoms with Gasteiger partial charge in [0.25, 0.3) is 0 Å². The summed E-state index contributed by atoms with van der Waals surface area (Å²) in [5, 5.41) is 3.81. The standard InChI is InChI=1S/C16H23N/c1-2-15(13-6-4-3-5-7-13)17-12-16(10-11-16)14-8-9-14/h3-7,14-15,17H,2,8-12H2,1H3. The summed E-state index contributed by atoms with van der Waals surface area (Å²) in [6.45, 7) is 3.52. The molecule has 0 aliphatic heterocycles. The fourth-order valence-corrected chi connectivity index (χ4v) is 3.10. The van der Waals surface area contributed by atoms with Crippen LogP contribution in [0.25, 0.3) is 0 Å². The van der Waals surface area contributed by atoms with E-state index < -0.39 is 0 Å². The zero-order valence-electron chi connectivity index (χ0n) is 10.8. The predicted molar refractivity (Wildman–Crippen MR) is 71.9 cm³/mol. The average molecular weight is 229 g/mol. The fourth-order valence-electron chi connectivity index (χ4n) is 3.10. The molecular formula is C16H23N. The molecule has 17 heavy (non-hydrogen) atoms. The van der Waals surface area contributed by atoms with Crippen molar-refractivity contribution in [2.75, 3.05) is 6.54 Å². The number of rotatable bonds is 6. The van der Waals surface area contributed by atoms with Crippen molar-refractivity contribution in [1.82, 2.24) is 5.32 Å². The van der Waals surface area contributed by atoms with Crippen molar-refractivity contribution in [2.24, 2.45) is 11.3 Å². The number of benzene rings is 1. The van der Waals surface area contributed by atoms with Crippen molar-refractivity contribution in [3.8, 4) is 0 Å². The third kappa shape index (κ3) is 2.40. The van der Waals surface area contributed by atoms with Gasteiger partial charge in [-0.25, -0.2) is 0 Å². The van der Waals surface area contributed by atoms with Crippen LogP contribution in [0.4, 0.5) is 0 Å². The van der Waals surface area contributed by atoms with E-state index in [2.05, 4.69) is 42.6 Å². The van der Waals surface area contributed by atoms with Crippen molar-refractivity contribution in [2.45, 2.75) is 45.1 Å². The van der Waals surface area contributed by atoms with E-state index in [9.17, 15) is 0 Å². The third-order valence-electron chi connectivity index (χ3n) is 4.65. The molecule has 2 fully saturated rings. The summed E-state index contributed by atoms with van der Waals surface area (Å²) in [4.78, 5) is 0. The fraction of sp³-hybridized carbons (Fsp3) is 0.625. The Morgan fingerprint density at radius 3 is 2.47 bits per heavy atom. The van der Waals surface area contributed by atoms with Crippen LogP contribution in [0.3, 0.4) is 0 Å². The van der Waals surface area contributed by atoms with Gasteiger partial charge in [0.15, 0.2) is 0 Å². The minimum Gasteiger partial charge on any atom is -0.309 e. The maximum atomic E-state index is 3.81. The van der Waals surface area contributed by atoms with Crippen molar-refractivity contribution < 1.29 is 0 Å². The highest BCUT2D eigenvalue weighted by molar-refractivity contribution is 5.19. The maximum Gasteiger partial charge on any atom is 0.0317 e. The molecule has 1 heteroatoms. The summed E-state index contributed by atoms with van der Waals surface area (Å²) in [5.74, 6) is 1.06. The number of hydrogen-bond acceptors (Lipinski definition) is 1. The Morgan fingerprint density at radius 2 is 1.94 bits per heavy atom. The van der Waals surface area contributed by atoms with Crippen molar-refractivity contribution in [1.29, 1.82) is 0 Å². The van der Waals surface area contributed by atoms with Crippen LogP contribution in [-0.2, 0) is 0 Å². The monoisotopic (exact) mass is 229 g/mol. The minimum absolute atomic E-state index is 0.549. The first-order valence-corrected chi connectivity index (χ1v) is 7.12. The van der Waals surface area contributed by atoms with Crippen LogP contribution in [0, 0.1) is 11.3 Å². The van der Waals surface area contributed by atoms with Crippen LogP contribution in [0.1, 0.15) is 50.6 Å². The molecule has 0 saturated heterocycles. The van der Waals surface area contributed by atoms with Crippen LogP contribution in [-0.4, -0.2) is 6.54 Å². The van der Waals surface area contributed by atoms with E-state index in [-0.39, 0.29) is 0 Å². The van der Waals surface area contributed by atoms with E-state index in [1.54, 1.807) is 0 Å². The molecular weight excluding hydrogens is 206 g/mol. The van der Waals surface area contributed by atoms with Crippen molar-refractivity contribution in [3.05, 3.63) is 35.9 Å². The summed E-state index contributed by atoms with van der Waals surface area (Å²) >= 11 is 0. The summed E-state index contributed by atoms with van der Waals surface area (Å²) in [7, 11) is 0. The lowest BCUT2D eigenvalue weighted by atomic mass is 9.98. The van der Waals surface area contributed by atoms with E-state index in [0.717, 1.165) is 5.92 Å². The molecule has 2 saturated carbocycles. The molecule has 2 aliphatic carbocycles. The highest BCUT2D eigenvalue weighted by Gasteiger charge is 2.53. The van der Waals surface area contributed by atoms with E-state index in [0.29, 0.717) is 11.5 Å². The Morgan fingerprint density at radius 1 is 1.24 bits per heavy atom. The van der Waals surface area contributed by atoms with Gasteiger partial charge >= 0.3 is 0 Å². The largest absolute Gasteiger partial charge is 0.309 e. The molecule has 3 rings (SSSR count). The third-order valence-corrected chi connectivity index (χ3v) is 4.65. The van der Waals surface area contributed by atoms with Gasteiger partial charge in [0.1, 0.15) is 0 Å². The zero-order chi connectivity index (χ0) is 11.7. The average Bonchev–Trinajstić information content (AvgIpc) is 3.24. The van der Waals surface area contributed by atoms with E-state index >= 15 is 0 Å². The van der Waals surface area contributed by atoms with Gasteiger partial charge in [-0.2, -0.15) is 0 Å². The molecule has 2 aliphatic rings. The van der Waals surface area contributed by atoms with Gasteiger partial charge in [0.05, 0.1) is 0 Å². The Balaban J connectivity index is 1.59. The molecule has 0 amide bonds. The highest BCUT2D eigenvalue weighted by atomic mass is 14.9. The Labute approximate surface area is 105 Å². The molecule has 0 radical (unpaired) electrons. The first-order valence-electron chi connectivity index (χ1n) is 7.12. The van der Waals surface area contributed by atoms with Gasteiger partial charge in [-0.1, -0.05) is 37.3 Å². The van der Waals surface area contributed by atoms with Crippen molar-refractivity contribution >= 4 is 0 Å². The van der Waals surface area contributed by atoms with Gasteiger partial charge in [0.2, 0.25) is 0 Å². The molecule has 1 aromatic rings. The summed E-state index contributed by atoms with van der Waals surface area (Å²) in [5.41, 5.74) is 2.16. The lowest BCUT2D eigenvalue weighted by molar-refractivity contribution is 0.370. The maximum absolute atomic E-state index is 3.81. The Hall–Kier alpha value is -0.820. The Bertz CT molecular complexity index is 362. The summed E-state index contributed by atoms with van der Waals surface area (Å²) < 4.78 is 0. The quantitative estimate of drug-likeness (QED) is 0.779. The van der Waals surface area contributed by atoms with Gasteiger partial charge in [-0.05, 0) is 49.0 Å². The number of nitrogens with one attached hydrogen (secondary N) is 1. The van der Waals surface area contributed by atoms with Crippen molar-refractivity contribution in [3.63, 3.8) is 0 Å². The first-order chi connectivity index (χ1) is 8.34. The summed E-state index contributed by atoms with van der Waals surface area (Å²) in [6.07, 6.45) is 7.10. The lowest BCUT2D eigenvalue weighted by Crippen LogP contribution is -2.29.